The van der Waals surface area contributed by atoms with E-state index in [-0.39, 0.29) is 11.4 Å². The molecule has 1 unspecified atom stereocenters. The summed E-state index contributed by atoms with van der Waals surface area (Å²) in [7, 11) is 0. The summed E-state index contributed by atoms with van der Waals surface area (Å²) in [6, 6.07) is 8.35. The number of nitrogens with two attached hydrogens (primary N) is 1. The van der Waals surface area contributed by atoms with E-state index in [1.165, 1.54) is 31.2 Å². The molecule has 3 N–H and O–H groups in total. The Hall–Kier alpha value is -2.50. The molecule has 2 rings (SSSR count). The summed E-state index contributed by atoms with van der Waals surface area (Å²) in [5.74, 6) is -1.81. The summed E-state index contributed by atoms with van der Waals surface area (Å²) in [5, 5.41) is 2.72. The summed E-state index contributed by atoms with van der Waals surface area (Å²) >= 11 is 0. The Morgan fingerprint density at radius 1 is 1.25 bits per heavy atom. The number of para-hydroxylation sites is 1. The average Bonchev–Trinajstić information content (AvgIpc) is 2.42. The van der Waals surface area contributed by atoms with Crippen molar-refractivity contribution in [3.63, 3.8) is 0 Å². The minimum atomic E-state index is -1.45. The molecule has 0 saturated heterocycles. The van der Waals surface area contributed by atoms with Crippen LogP contribution in [0.3, 0.4) is 0 Å². The van der Waals surface area contributed by atoms with Gasteiger partial charge in [-0.25, -0.2) is 8.78 Å². The van der Waals surface area contributed by atoms with E-state index in [9.17, 15) is 13.6 Å². The van der Waals surface area contributed by atoms with E-state index in [2.05, 4.69) is 10.3 Å². The fourth-order valence-corrected chi connectivity index (χ4v) is 1.76. The Labute approximate surface area is 114 Å². The van der Waals surface area contributed by atoms with Gasteiger partial charge in [0.2, 0.25) is 5.91 Å². The first kappa shape index (κ1) is 13.9. The van der Waals surface area contributed by atoms with Gasteiger partial charge in [-0.2, -0.15) is 0 Å². The fourth-order valence-electron chi connectivity index (χ4n) is 1.76. The Kier molecular flexibility index (Phi) is 3.65. The van der Waals surface area contributed by atoms with Gasteiger partial charge >= 0.3 is 0 Å². The maximum atomic E-state index is 13.7. The zero-order valence-electron chi connectivity index (χ0n) is 10.7. The van der Waals surface area contributed by atoms with Gasteiger partial charge < -0.3 is 11.1 Å². The highest BCUT2D eigenvalue weighted by atomic mass is 19.1. The van der Waals surface area contributed by atoms with Gasteiger partial charge in [-0.1, -0.05) is 12.1 Å². The molecule has 6 heteroatoms. The number of halogens is 2. The number of nitrogens with one attached hydrogen (secondary N) is 1. The topological polar surface area (TPSA) is 68.0 Å². The molecule has 0 aliphatic rings. The van der Waals surface area contributed by atoms with E-state index in [4.69, 9.17) is 5.73 Å². The number of carbonyl (C=O) groups is 1. The molecule has 0 radical (unpaired) electrons. The van der Waals surface area contributed by atoms with E-state index < -0.39 is 23.1 Å². The van der Waals surface area contributed by atoms with Gasteiger partial charge in [-0.15, -0.1) is 0 Å². The normalized spacial score (nSPS) is 13.6. The van der Waals surface area contributed by atoms with Crippen LogP contribution in [0.25, 0.3) is 0 Å². The third-order valence-electron chi connectivity index (χ3n) is 2.99. The molecule has 1 atom stereocenters. The minimum Gasteiger partial charge on any atom is -0.367 e. The summed E-state index contributed by atoms with van der Waals surface area (Å²) in [6.07, 6.45) is 0.972. The second kappa shape index (κ2) is 5.24. The molecule has 20 heavy (non-hydrogen) atoms. The van der Waals surface area contributed by atoms with Crippen molar-refractivity contribution >= 4 is 11.6 Å². The number of amides is 1. The van der Waals surface area contributed by atoms with Crippen molar-refractivity contribution in [3.8, 4) is 0 Å². The van der Waals surface area contributed by atoms with Crippen LogP contribution in [0.1, 0.15) is 12.6 Å². The number of pyridine rings is 1. The molecule has 1 amide bonds. The van der Waals surface area contributed by atoms with Crippen LogP contribution in [0.5, 0.6) is 0 Å². The number of rotatable bonds is 4. The predicted molar refractivity (Wildman–Crippen MR) is 70.8 cm³/mol. The highest BCUT2D eigenvalue weighted by Gasteiger charge is 2.35. The molecule has 1 aromatic heterocycles. The number of hydrogen-bond acceptors (Lipinski definition) is 3. The smallest absolute Gasteiger partial charge is 0.249 e. The predicted octanol–water partition coefficient (Wildman–Crippen LogP) is 2.17. The first-order valence-electron chi connectivity index (χ1n) is 5.88. The monoisotopic (exact) mass is 277 g/mol. The Balaban J connectivity index is 2.43. The first-order valence-corrected chi connectivity index (χ1v) is 5.88. The summed E-state index contributed by atoms with van der Waals surface area (Å²) in [5.41, 5.74) is 4.25. The maximum absolute atomic E-state index is 13.7. The van der Waals surface area contributed by atoms with Gasteiger partial charge in [0.05, 0.1) is 17.6 Å². The van der Waals surface area contributed by atoms with Crippen LogP contribution in [0.2, 0.25) is 0 Å². The van der Waals surface area contributed by atoms with Crippen molar-refractivity contribution in [1.82, 2.24) is 4.98 Å². The van der Waals surface area contributed by atoms with Crippen molar-refractivity contribution in [2.24, 2.45) is 5.73 Å². The molecule has 0 fully saturated rings. The number of nitrogens with zero attached hydrogens (tertiary/aromatic N) is 1. The van der Waals surface area contributed by atoms with Crippen molar-refractivity contribution < 1.29 is 13.6 Å². The molecular weight excluding hydrogens is 264 g/mol. The molecular formula is C14H13F2N3O. The highest BCUT2D eigenvalue weighted by Crippen LogP contribution is 2.26. The molecule has 0 aliphatic carbocycles. The molecule has 0 aliphatic heterocycles. The van der Waals surface area contributed by atoms with Crippen LogP contribution in [-0.4, -0.2) is 10.9 Å². The number of anilines is 1. The molecule has 2 aromatic rings. The first-order chi connectivity index (χ1) is 9.43. The van der Waals surface area contributed by atoms with E-state index in [1.807, 2.05) is 0 Å². The fraction of sp³-hybridized carbons (Fsp3) is 0.143. The highest BCUT2D eigenvalue weighted by molar-refractivity contribution is 5.88. The largest absolute Gasteiger partial charge is 0.367 e. The SMILES string of the molecule is CC(Nc1ccccc1F)(C(N)=O)c1ccc(F)cn1. The van der Waals surface area contributed by atoms with Crippen molar-refractivity contribution in [3.05, 3.63) is 59.9 Å². The lowest BCUT2D eigenvalue weighted by Crippen LogP contribution is -2.46. The number of aromatic nitrogens is 1. The quantitative estimate of drug-likeness (QED) is 0.900. The summed E-state index contributed by atoms with van der Waals surface area (Å²) in [6.45, 7) is 1.46. The zero-order valence-corrected chi connectivity index (χ0v) is 10.7. The lowest BCUT2D eigenvalue weighted by molar-refractivity contribution is -0.122. The lowest BCUT2D eigenvalue weighted by atomic mass is 9.95. The summed E-state index contributed by atoms with van der Waals surface area (Å²) < 4.78 is 26.6. The lowest BCUT2D eigenvalue weighted by Gasteiger charge is -2.28. The average molecular weight is 277 g/mol. The van der Waals surface area contributed by atoms with Gasteiger partial charge in [0, 0.05) is 0 Å². The second-order valence-corrected chi connectivity index (χ2v) is 4.46. The van der Waals surface area contributed by atoms with Gasteiger partial charge in [0.15, 0.2) is 5.54 Å². The molecule has 104 valence electrons. The van der Waals surface area contributed by atoms with E-state index >= 15 is 0 Å². The molecule has 0 saturated carbocycles. The Morgan fingerprint density at radius 2 is 1.95 bits per heavy atom. The standard InChI is InChI=1S/C14H13F2N3O/c1-14(13(17)20,12-7-6-9(15)8-18-12)19-11-5-3-2-4-10(11)16/h2-8,19H,1H3,(H2,17,20). The van der Waals surface area contributed by atoms with Crippen molar-refractivity contribution in [2.45, 2.75) is 12.5 Å². The number of hydrogen-bond donors (Lipinski definition) is 2. The van der Waals surface area contributed by atoms with Gasteiger partial charge in [0.25, 0.3) is 0 Å². The van der Waals surface area contributed by atoms with Gasteiger partial charge in [-0.3, -0.25) is 9.78 Å². The van der Waals surface area contributed by atoms with Crippen LogP contribution in [0.15, 0.2) is 42.6 Å². The van der Waals surface area contributed by atoms with E-state index in [0.29, 0.717) is 0 Å². The van der Waals surface area contributed by atoms with Crippen LogP contribution in [0.4, 0.5) is 14.5 Å². The van der Waals surface area contributed by atoms with Gasteiger partial charge in [0.1, 0.15) is 11.6 Å². The Morgan fingerprint density at radius 3 is 2.50 bits per heavy atom. The van der Waals surface area contributed by atoms with E-state index in [1.54, 1.807) is 6.07 Å². The summed E-state index contributed by atoms with van der Waals surface area (Å²) in [4.78, 5) is 15.6. The molecule has 0 spiro atoms. The number of benzene rings is 1. The van der Waals surface area contributed by atoms with Crippen LogP contribution >= 0.6 is 0 Å². The van der Waals surface area contributed by atoms with Crippen LogP contribution in [-0.2, 0) is 10.3 Å². The third kappa shape index (κ3) is 2.59. The van der Waals surface area contributed by atoms with Crippen LogP contribution in [0, 0.1) is 11.6 Å². The van der Waals surface area contributed by atoms with Crippen molar-refractivity contribution in [2.75, 3.05) is 5.32 Å². The third-order valence-corrected chi connectivity index (χ3v) is 2.99. The molecule has 0 bridgehead atoms. The Bertz CT molecular complexity index is 631. The maximum Gasteiger partial charge on any atom is 0.249 e. The van der Waals surface area contributed by atoms with Crippen LogP contribution < -0.4 is 11.1 Å². The molecule has 1 heterocycles. The number of carbonyl (C=O) groups excluding carboxylic acids is 1. The molecule has 1 aromatic carbocycles. The second-order valence-electron chi connectivity index (χ2n) is 4.46. The van der Waals surface area contributed by atoms with Gasteiger partial charge in [-0.05, 0) is 31.2 Å². The number of primary amides is 1. The molecule has 4 nitrogen and oxygen atoms in total. The van der Waals surface area contributed by atoms with Crippen molar-refractivity contribution in [1.29, 1.82) is 0 Å². The zero-order chi connectivity index (χ0) is 14.8. The minimum absolute atomic E-state index is 0.111. The van der Waals surface area contributed by atoms with E-state index in [0.717, 1.165) is 12.3 Å².